The number of carbonyl (C=O) groups excluding carboxylic acids is 1. The van der Waals surface area contributed by atoms with Gasteiger partial charge >= 0.3 is 0 Å². The van der Waals surface area contributed by atoms with Gasteiger partial charge in [0, 0.05) is 10.5 Å². The Hall–Kier alpha value is -1.47. The number of hydrogen-bond acceptors (Lipinski definition) is 4. The molecule has 23 heavy (non-hydrogen) atoms. The summed E-state index contributed by atoms with van der Waals surface area (Å²) in [4.78, 5) is 20.9. The normalized spacial score (nSPS) is 13.1. The maximum absolute atomic E-state index is 10.9. The van der Waals surface area contributed by atoms with Gasteiger partial charge in [0.15, 0.2) is 0 Å². The Bertz CT molecular complexity index is 496. The van der Waals surface area contributed by atoms with Gasteiger partial charge in [0.1, 0.15) is 0 Å². The Morgan fingerprint density at radius 1 is 1.30 bits per heavy atom. The van der Waals surface area contributed by atoms with Crippen molar-refractivity contribution in [2.24, 2.45) is 0 Å². The van der Waals surface area contributed by atoms with Crippen LogP contribution in [0.3, 0.4) is 0 Å². The second-order valence-corrected chi connectivity index (χ2v) is 6.18. The fourth-order valence-corrected chi connectivity index (χ4v) is 2.38. The van der Waals surface area contributed by atoms with Crippen LogP contribution >= 0.6 is 15.9 Å². The molecule has 1 aliphatic heterocycles. The van der Waals surface area contributed by atoms with Crippen LogP contribution in [0.5, 0.6) is 0 Å². The van der Waals surface area contributed by atoms with Gasteiger partial charge in [-0.1, -0.05) is 29.8 Å². The van der Waals surface area contributed by atoms with Gasteiger partial charge in [0.05, 0.1) is 16.0 Å². The Labute approximate surface area is 146 Å². The highest BCUT2D eigenvalue weighted by molar-refractivity contribution is 9.10. The summed E-state index contributed by atoms with van der Waals surface area (Å²) in [7, 11) is 0. The quantitative estimate of drug-likeness (QED) is 0.468. The zero-order valence-corrected chi connectivity index (χ0v) is 15.8. The monoisotopic (exact) mass is 387 g/mol. The highest BCUT2D eigenvalue weighted by Gasteiger charge is 2.28. The van der Waals surface area contributed by atoms with Crippen molar-refractivity contribution < 1.29 is 9.72 Å². The van der Waals surface area contributed by atoms with Crippen molar-refractivity contribution in [3.8, 4) is 0 Å². The van der Waals surface area contributed by atoms with Gasteiger partial charge < -0.3 is 10.6 Å². The van der Waals surface area contributed by atoms with Crippen LogP contribution in [0.25, 0.3) is 0 Å². The smallest absolute Gasteiger partial charge is 0.276 e. The number of halogens is 1. The van der Waals surface area contributed by atoms with Crippen molar-refractivity contribution in [3.63, 3.8) is 0 Å². The highest BCUT2D eigenvalue weighted by Crippen LogP contribution is 2.31. The van der Waals surface area contributed by atoms with Gasteiger partial charge in [0.2, 0.25) is 6.41 Å². The Morgan fingerprint density at radius 2 is 1.87 bits per heavy atom. The van der Waals surface area contributed by atoms with Gasteiger partial charge in [-0.2, -0.15) is 0 Å². The van der Waals surface area contributed by atoms with Crippen LogP contribution in [0.1, 0.15) is 46.1 Å². The molecule has 7 heteroatoms. The van der Waals surface area contributed by atoms with E-state index in [2.05, 4.69) is 26.6 Å². The summed E-state index contributed by atoms with van der Waals surface area (Å²) in [5.41, 5.74) is -0.327. The largest absolute Gasteiger partial charge is 0.349 e. The van der Waals surface area contributed by atoms with E-state index in [0.29, 0.717) is 16.4 Å². The number of nitrogens with zero attached hydrogens (tertiary/aromatic N) is 1. The van der Waals surface area contributed by atoms with Crippen LogP contribution in [-0.2, 0) is 10.3 Å². The van der Waals surface area contributed by atoms with E-state index in [-0.39, 0.29) is 5.69 Å². The lowest BCUT2D eigenvalue weighted by molar-refractivity contribution is -0.386. The Balaban J connectivity index is 0.000000574. The predicted octanol–water partition coefficient (Wildman–Crippen LogP) is 3.73. The summed E-state index contributed by atoms with van der Waals surface area (Å²) in [5.74, 6) is 0. The third-order valence-corrected chi connectivity index (χ3v) is 3.70. The lowest BCUT2D eigenvalue weighted by atomic mass is 9.93. The SMILES string of the molecule is C1CCNC1.CC.CC(C)(NC=O)c1ccc(Br)cc1[N+](=O)[O-]. The van der Waals surface area contributed by atoms with E-state index in [1.165, 1.54) is 32.0 Å². The third-order valence-electron chi connectivity index (χ3n) is 3.21. The van der Waals surface area contributed by atoms with Crippen molar-refractivity contribution in [1.29, 1.82) is 0 Å². The third kappa shape index (κ3) is 7.56. The first-order chi connectivity index (χ1) is 10.9. The first-order valence-electron chi connectivity index (χ1n) is 7.75. The number of nitro groups is 1. The van der Waals surface area contributed by atoms with Gasteiger partial charge in [-0.15, -0.1) is 0 Å². The fraction of sp³-hybridized carbons (Fsp3) is 0.562. The van der Waals surface area contributed by atoms with Crippen LogP contribution in [0.2, 0.25) is 0 Å². The number of benzene rings is 1. The molecule has 0 aromatic heterocycles. The molecule has 2 rings (SSSR count). The molecule has 1 fully saturated rings. The van der Waals surface area contributed by atoms with Crippen LogP contribution in [0, 0.1) is 10.1 Å². The maximum Gasteiger partial charge on any atom is 0.276 e. The van der Waals surface area contributed by atoms with Gasteiger partial charge in [-0.05, 0) is 51.9 Å². The molecule has 1 saturated heterocycles. The van der Waals surface area contributed by atoms with Crippen LogP contribution in [0.15, 0.2) is 22.7 Å². The summed E-state index contributed by atoms with van der Waals surface area (Å²) in [5, 5.41) is 16.7. The minimum atomic E-state index is -0.773. The number of nitrogens with one attached hydrogen (secondary N) is 2. The molecule has 1 amide bonds. The topological polar surface area (TPSA) is 84.3 Å². The first kappa shape index (κ1) is 21.5. The van der Waals surface area contributed by atoms with Crippen LogP contribution < -0.4 is 10.6 Å². The molecule has 6 nitrogen and oxygen atoms in total. The molecule has 1 aromatic carbocycles. The molecule has 0 saturated carbocycles. The van der Waals surface area contributed by atoms with E-state index in [0.717, 1.165) is 0 Å². The van der Waals surface area contributed by atoms with E-state index in [1.807, 2.05) is 13.8 Å². The molecule has 1 heterocycles. The fourth-order valence-electron chi connectivity index (χ4n) is 2.03. The number of amides is 1. The predicted molar refractivity (Wildman–Crippen MR) is 96.5 cm³/mol. The summed E-state index contributed by atoms with van der Waals surface area (Å²) >= 11 is 3.18. The molecule has 0 radical (unpaired) electrons. The molecule has 130 valence electrons. The molecule has 0 atom stereocenters. The van der Waals surface area contributed by atoms with Crippen molar-refractivity contribution >= 4 is 28.0 Å². The first-order valence-corrected chi connectivity index (χ1v) is 8.54. The second-order valence-electron chi connectivity index (χ2n) is 5.26. The molecular formula is C16H26BrN3O3. The van der Waals surface area contributed by atoms with Crippen LogP contribution in [-0.4, -0.2) is 24.4 Å². The maximum atomic E-state index is 10.9. The van der Waals surface area contributed by atoms with E-state index in [9.17, 15) is 14.9 Å². The molecular weight excluding hydrogens is 362 g/mol. The summed E-state index contributed by atoms with van der Waals surface area (Å²) < 4.78 is 0.629. The lowest BCUT2D eigenvalue weighted by Gasteiger charge is -2.24. The highest BCUT2D eigenvalue weighted by atomic mass is 79.9. The molecule has 0 unspecified atom stereocenters. The minimum Gasteiger partial charge on any atom is -0.349 e. The van der Waals surface area contributed by atoms with E-state index < -0.39 is 10.5 Å². The number of hydrogen-bond donors (Lipinski definition) is 2. The standard InChI is InChI=1S/C10H11BrN2O3.C4H9N.C2H6/c1-10(2,12-6-14)8-4-3-7(11)5-9(8)13(15)16;1-2-4-5-3-1;1-2/h3-6H,1-2H3,(H,12,14);5H,1-4H2;1-2H3. The average Bonchev–Trinajstić information content (AvgIpc) is 3.08. The molecule has 1 aliphatic rings. The molecule has 0 aliphatic carbocycles. The van der Waals surface area contributed by atoms with Crippen molar-refractivity contribution in [3.05, 3.63) is 38.3 Å². The molecule has 2 N–H and O–H groups in total. The van der Waals surface area contributed by atoms with Gasteiger partial charge in [0.25, 0.3) is 5.69 Å². The summed E-state index contributed by atoms with van der Waals surface area (Å²) in [6, 6.07) is 4.75. The van der Waals surface area contributed by atoms with Gasteiger partial charge in [-0.25, -0.2) is 0 Å². The molecule has 0 bridgehead atoms. The molecule has 0 spiro atoms. The Kier molecular flexibility index (Phi) is 10.4. The second kappa shape index (κ2) is 11.1. The molecule has 1 aromatic rings. The minimum absolute atomic E-state index is 0.0197. The van der Waals surface area contributed by atoms with E-state index in [1.54, 1.807) is 26.0 Å². The van der Waals surface area contributed by atoms with Crippen molar-refractivity contribution in [2.75, 3.05) is 13.1 Å². The van der Waals surface area contributed by atoms with Gasteiger partial charge in [-0.3, -0.25) is 14.9 Å². The summed E-state index contributed by atoms with van der Waals surface area (Å²) in [6.07, 6.45) is 3.31. The number of rotatable bonds is 4. The number of carbonyl (C=O) groups is 1. The van der Waals surface area contributed by atoms with Crippen molar-refractivity contribution in [1.82, 2.24) is 10.6 Å². The van der Waals surface area contributed by atoms with Crippen LogP contribution in [0.4, 0.5) is 5.69 Å². The zero-order chi connectivity index (χ0) is 17.9. The van der Waals surface area contributed by atoms with E-state index in [4.69, 9.17) is 0 Å². The zero-order valence-electron chi connectivity index (χ0n) is 14.2. The number of nitro benzene ring substituents is 1. The van der Waals surface area contributed by atoms with Crippen molar-refractivity contribution in [2.45, 2.75) is 46.1 Å². The average molecular weight is 388 g/mol. The Morgan fingerprint density at radius 3 is 2.26 bits per heavy atom. The summed E-state index contributed by atoms with van der Waals surface area (Å²) in [6.45, 7) is 9.91. The van der Waals surface area contributed by atoms with E-state index >= 15 is 0 Å². The lowest BCUT2D eigenvalue weighted by Crippen LogP contribution is -2.35.